The molecule has 242 valence electrons. The monoisotopic (exact) mass is 625 g/mol. The molecule has 0 bridgehead atoms. The highest BCUT2D eigenvalue weighted by Crippen LogP contribution is 2.34. The van der Waals surface area contributed by atoms with Gasteiger partial charge in [-0.15, -0.1) is 0 Å². The van der Waals surface area contributed by atoms with Crippen LogP contribution in [0.2, 0.25) is 0 Å². The van der Waals surface area contributed by atoms with Crippen molar-refractivity contribution in [3.05, 3.63) is 60.6 Å². The van der Waals surface area contributed by atoms with E-state index in [1.165, 1.54) is 0 Å². The van der Waals surface area contributed by atoms with E-state index in [4.69, 9.17) is 14.5 Å². The Balaban J connectivity index is 0.937. The molecule has 4 aliphatic rings. The molecule has 4 saturated heterocycles. The Labute approximate surface area is 269 Å². The standard InChI is InChI=1S/C36H43N5O5/c42-34(29-11-17-40(23-29)35(43)27-12-18-45-19-13-27)38-30-9-7-25(8-10-30)24-3-5-26(6-4-24)31-22-37-33(39-31)32-2-1-16-41(32)36(44)28-14-20-46-21-15-28/h3-10,22,27-29,32H,1-2,11-21,23H2,(H,37,39)(H,38,42)/t29-,32+/m1/s1. The zero-order valence-electron chi connectivity index (χ0n) is 26.3. The summed E-state index contributed by atoms with van der Waals surface area (Å²) in [6.07, 6.45) is 7.61. The first-order chi connectivity index (χ1) is 22.5. The van der Waals surface area contributed by atoms with Gasteiger partial charge in [-0.05, 0) is 73.8 Å². The Morgan fingerprint density at radius 3 is 2.00 bits per heavy atom. The van der Waals surface area contributed by atoms with E-state index in [9.17, 15) is 14.4 Å². The van der Waals surface area contributed by atoms with E-state index < -0.39 is 0 Å². The molecule has 0 unspecified atom stereocenters. The largest absolute Gasteiger partial charge is 0.381 e. The second kappa shape index (κ2) is 13.8. The Kier molecular flexibility index (Phi) is 9.16. The molecule has 3 amide bonds. The van der Waals surface area contributed by atoms with E-state index in [0.29, 0.717) is 45.9 Å². The normalized spacial score (nSPS) is 22.7. The molecule has 5 heterocycles. The molecule has 0 spiro atoms. The number of ether oxygens (including phenoxy) is 2. The van der Waals surface area contributed by atoms with Crippen molar-refractivity contribution in [3.63, 3.8) is 0 Å². The SMILES string of the molecule is O=C(Nc1ccc(-c2ccc(-c3cnc([C@@H]4CCCN4C(=O)C4CCOCC4)[nH]3)cc2)cc1)[C@@H]1CCN(C(=O)C2CCOCC2)C1. The summed E-state index contributed by atoms with van der Waals surface area (Å²) >= 11 is 0. The highest BCUT2D eigenvalue weighted by atomic mass is 16.5. The molecule has 3 aromatic rings. The Hall–Kier alpha value is -4.02. The summed E-state index contributed by atoms with van der Waals surface area (Å²) in [5, 5.41) is 3.05. The molecule has 1 aromatic heterocycles. The number of H-pyrrole nitrogens is 1. The van der Waals surface area contributed by atoms with E-state index in [2.05, 4.69) is 34.6 Å². The van der Waals surface area contributed by atoms with Crippen LogP contribution in [0.4, 0.5) is 5.69 Å². The van der Waals surface area contributed by atoms with Gasteiger partial charge in [-0.1, -0.05) is 36.4 Å². The minimum atomic E-state index is -0.191. The third kappa shape index (κ3) is 6.59. The topological polar surface area (TPSA) is 117 Å². The smallest absolute Gasteiger partial charge is 0.229 e. The summed E-state index contributed by atoms with van der Waals surface area (Å²) in [5.74, 6) is 1.11. The summed E-state index contributed by atoms with van der Waals surface area (Å²) in [6, 6.07) is 16.2. The average molecular weight is 626 g/mol. The van der Waals surface area contributed by atoms with Gasteiger partial charge in [0.05, 0.1) is 23.9 Å². The number of carbonyl (C=O) groups excluding carboxylic acids is 3. The number of rotatable bonds is 7. The van der Waals surface area contributed by atoms with Crippen LogP contribution in [0.3, 0.4) is 0 Å². The van der Waals surface area contributed by atoms with Crippen molar-refractivity contribution in [2.75, 3.05) is 51.4 Å². The third-order valence-electron chi connectivity index (χ3n) is 10.1. The minimum Gasteiger partial charge on any atom is -0.381 e. The molecule has 0 saturated carbocycles. The lowest BCUT2D eigenvalue weighted by Gasteiger charge is -2.29. The lowest BCUT2D eigenvalue weighted by Crippen LogP contribution is -2.38. The molecular weight excluding hydrogens is 582 g/mol. The third-order valence-corrected chi connectivity index (χ3v) is 10.1. The number of aromatic nitrogens is 2. The maximum atomic E-state index is 13.2. The average Bonchev–Trinajstić information content (AvgIpc) is 3.90. The van der Waals surface area contributed by atoms with Crippen LogP contribution in [0.5, 0.6) is 0 Å². The maximum Gasteiger partial charge on any atom is 0.229 e. The zero-order valence-corrected chi connectivity index (χ0v) is 26.3. The maximum absolute atomic E-state index is 13.2. The van der Waals surface area contributed by atoms with Crippen LogP contribution in [0.25, 0.3) is 22.4 Å². The lowest BCUT2D eigenvalue weighted by atomic mass is 9.98. The minimum absolute atomic E-state index is 0.00504. The summed E-state index contributed by atoms with van der Waals surface area (Å²) in [6.45, 7) is 4.51. The molecular formula is C36H43N5O5. The molecule has 2 N–H and O–H groups in total. The number of carbonyl (C=O) groups is 3. The van der Waals surface area contributed by atoms with E-state index >= 15 is 0 Å². The van der Waals surface area contributed by atoms with E-state index in [-0.39, 0.29) is 41.5 Å². The van der Waals surface area contributed by atoms with Crippen LogP contribution in [0.15, 0.2) is 54.7 Å². The molecule has 10 nitrogen and oxygen atoms in total. The van der Waals surface area contributed by atoms with Gasteiger partial charge in [0.2, 0.25) is 17.7 Å². The van der Waals surface area contributed by atoms with Gasteiger partial charge >= 0.3 is 0 Å². The van der Waals surface area contributed by atoms with Gasteiger partial charge in [-0.2, -0.15) is 0 Å². The number of nitrogens with zero attached hydrogens (tertiary/aromatic N) is 3. The first kappa shape index (κ1) is 30.6. The predicted molar refractivity (Wildman–Crippen MR) is 174 cm³/mol. The first-order valence-corrected chi connectivity index (χ1v) is 16.8. The van der Waals surface area contributed by atoms with Gasteiger partial charge in [0, 0.05) is 63.6 Å². The van der Waals surface area contributed by atoms with Crippen LogP contribution in [-0.2, 0) is 23.9 Å². The molecule has 4 aliphatic heterocycles. The van der Waals surface area contributed by atoms with Gasteiger partial charge in [-0.25, -0.2) is 4.98 Å². The lowest BCUT2D eigenvalue weighted by molar-refractivity contribution is -0.139. The van der Waals surface area contributed by atoms with Gasteiger partial charge < -0.3 is 29.6 Å². The van der Waals surface area contributed by atoms with Crippen LogP contribution < -0.4 is 5.32 Å². The van der Waals surface area contributed by atoms with E-state index in [1.54, 1.807) is 0 Å². The van der Waals surface area contributed by atoms with Crippen molar-refractivity contribution in [1.82, 2.24) is 19.8 Å². The highest BCUT2D eigenvalue weighted by molar-refractivity contribution is 5.94. The van der Waals surface area contributed by atoms with Crippen LogP contribution in [0, 0.1) is 17.8 Å². The van der Waals surface area contributed by atoms with Gasteiger partial charge in [-0.3, -0.25) is 14.4 Å². The number of likely N-dealkylation sites (tertiary alicyclic amines) is 2. The van der Waals surface area contributed by atoms with Crippen LogP contribution in [-0.4, -0.2) is 83.6 Å². The van der Waals surface area contributed by atoms with Crippen molar-refractivity contribution in [3.8, 4) is 22.4 Å². The van der Waals surface area contributed by atoms with Crippen molar-refractivity contribution in [2.45, 2.75) is 51.0 Å². The second-order valence-corrected chi connectivity index (χ2v) is 13.1. The predicted octanol–water partition coefficient (Wildman–Crippen LogP) is 5.05. The Bertz CT molecular complexity index is 1520. The highest BCUT2D eigenvalue weighted by Gasteiger charge is 2.36. The number of benzene rings is 2. The second-order valence-electron chi connectivity index (χ2n) is 13.1. The van der Waals surface area contributed by atoms with E-state index in [0.717, 1.165) is 79.0 Å². The molecule has 0 aliphatic carbocycles. The molecule has 2 atom stereocenters. The van der Waals surface area contributed by atoms with Crippen molar-refractivity contribution in [1.29, 1.82) is 0 Å². The molecule has 7 rings (SSSR count). The summed E-state index contributed by atoms with van der Waals surface area (Å²) in [7, 11) is 0. The fourth-order valence-corrected chi connectivity index (χ4v) is 7.36. The number of nitrogens with one attached hydrogen (secondary N) is 2. The van der Waals surface area contributed by atoms with E-state index in [1.807, 2.05) is 40.3 Å². The molecule has 0 radical (unpaired) electrons. The van der Waals surface area contributed by atoms with Crippen LogP contribution in [0.1, 0.15) is 56.8 Å². The van der Waals surface area contributed by atoms with Crippen molar-refractivity contribution in [2.24, 2.45) is 17.8 Å². The summed E-state index contributed by atoms with van der Waals surface area (Å²) < 4.78 is 10.8. The molecule has 10 heteroatoms. The first-order valence-electron chi connectivity index (χ1n) is 16.8. The molecule has 4 fully saturated rings. The number of aromatic amines is 1. The fourth-order valence-electron chi connectivity index (χ4n) is 7.36. The summed E-state index contributed by atoms with van der Waals surface area (Å²) in [4.78, 5) is 51.2. The van der Waals surface area contributed by atoms with Crippen molar-refractivity contribution >= 4 is 23.4 Å². The number of imidazole rings is 1. The van der Waals surface area contributed by atoms with Gasteiger partial charge in [0.25, 0.3) is 0 Å². The molecule has 46 heavy (non-hydrogen) atoms. The number of hydrogen-bond donors (Lipinski definition) is 2. The Morgan fingerprint density at radius 1 is 0.717 bits per heavy atom. The van der Waals surface area contributed by atoms with Crippen molar-refractivity contribution < 1.29 is 23.9 Å². The molecule has 2 aromatic carbocycles. The van der Waals surface area contributed by atoms with Crippen LogP contribution >= 0.6 is 0 Å². The van der Waals surface area contributed by atoms with Gasteiger partial charge in [0.1, 0.15) is 5.82 Å². The zero-order chi connectivity index (χ0) is 31.5. The number of amides is 3. The van der Waals surface area contributed by atoms with Gasteiger partial charge in [0.15, 0.2) is 0 Å². The fraction of sp³-hybridized carbons (Fsp3) is 0.500. The quantitative estimate of drug-likeness (QED) is 0.380. The number of hydrogen-bond acceptors (Lipinski definition) is 6. The Morgan fingerprint density at radius 2 is 1.33 bits per heavy atom. The summed E-state index contributed by atoms with van der Waals surface area (Å²) in [5.41, 5.74) is 4.85. The number of anilines is 1.